The monoisotopic (exact) mass is 204 g/mol. The minimum Gasteiger partial charge on any atom is -0.207 e. The van der Waals surface area contributed by atoms with Crippen molar-refractivity contribution >= 4 is 16.3 Å². The van der Waals surface area contributed by atoms with Gasteiger partial charge in [0.25, 0.3) is 0 Å². The molecule has 0 aromatic rings. The Labute approximate surface area is 87.5 Å². The molecule has 0 radical (unpaired) electrons. The fourth-order valence-electron chi connectivity index (χ4n) is 2.39. The van der Waals surface area contributed by atoms with Gasteiger partial charge in [0.1, 0.15) is 0 Å². The molecule has 0 unspecified atom stereocenters. The first-order chi connectivity index (χ1) is 5.97. The molecule has 1 aliphatic rings. The quantitative estimate of drug-likeness (QED) is 0.619. The molecule has 0 aromatic heterocycles. The van der Waals surface area contributed by atoms with Crippen molar-refractivity contribution < 1.29 is 8.78 Å². The fourth-order valence-corrected chi connectivity index (χ4v) is 3.62. The second kappa shape index (κ2) is 4.28. The predicted molar refractivity (Wildman–Crippen MR) is 54.2 cm³/mol. The van der Waals surface area contributed by atoms with Crippen LogP contribution in [0.1, 0.15) is 51.9 Å². The largest absolute Gasteiger partial charge is 0.247 e. The third-order valence-electron chi connectivity index (χ3n) is 3.14. The van der Waals surface area contributed by atoms with Gasteiger partial charge in [-0.15, -0.1) is 0 Å². The normalized spacial score (nSPS) is 33.2. The van der Waals surface area contributed by atoms with E-state index in [9.17, 15) is 8.78 Å². The Kier molecular flexibility index (Phi) is 3.77. The third-order valence-corrected chi connectivity index (χ3v) is 4.50. The second-order valence-electron chi connectivity index (χ2n) is 4.80. The van der Waals surface area contributed by atoms with Crippen LogP contribution in [0.4, 0.5) is 8.78 Å². The molecule has 0 amide bonds. The molecule has 0 aliphatic heterocycles. The highest BCUT2D eigenvalue weighted by Gasteiger charge is 2.41. The molecule has 0 bridgehead atoms. The molecule has 0 nitrogen and oxygen atoms in total. The average Bonchev–Trinajstić information content (AvgIpc) is 1.98. The summed E-state index contributed by atoms with van der Waals surface area (Å²) in [6.45, 7) is 2.13. The first-order valence-electron chi connectivity index (χ1n) is 5.35. The zero-order chi connectivity index (χ0) is 9.95. The van der Waals surface area contributed by atoms with Gasteiger partial charge in [-0.05, 0) is 6.42 Å². The Hall–Kier alpha value is 0.392. The smallest absolute Gasteiger partial charge is 0.207 e. The van der Waals surface area contributed by atoms with E-state index in [2.05, 4.69) is 6.92 Å². The van der Waals surface area contributed by atoms with Crippen LogP contribution in [-0.2, 0) is 0 Å². The lowest BCUT2D eigenvalue weighted by Gasteiger charge is -2.38. The molecule has 1 atom stereocenters. The van der Waals surface area contributed by atoms with Crippen LogP contribution in [0.15, 0.2) is 0 Å². The zero-order valence-corrected chi connectivity index (χ0v) is 10.7. The van der Waals surface area contributed by atoms with Crippen molar-refractivity contribution in [3.05, 3.63) is 0 Å². The zero-order valence-electron chi connectivity index (χ0n) is 8.71. The number of unbranched alkanes of at least 4 members (excludes halogenated alkanes) is 1. The van der Waals surface area contributed by atoms with Gasteiger partial charge >= 0.3 is 0 Å². The lowest BCUT2D eigenvalue weighted by Crippen LogP contribution is -2.31. The average molecular weight is 204 g/mol. The van der Waals surface area contributed by atoms with E-state index >= 15 is 0 Å². The summed E-state index contributed by atoms with van der Waals surface area (Å²) in [5.41, 5.74) is 0. The maximum atomic E-state index is 13.1. The number of rotatable bonds is 3. The minimum atomic E-state index is -2.35. The molecule has 13 heavy (non-hydrogen) atoms. The summed E-state index contributed by atoms with van der Waals surface area (Å²) in [5.74, 6) is -2.35. The van der Waals surface area contributed by atoms with Crippen LogP contribution in [0.25, 0.3) is 0 Å². The van der Waals surface area contributed by atoms with E-state index in [-0.39, 0.29) is 17.1 Å². The molecule has 0 heterocycles. The summed E-state index contributed by atoms with van der Waals surface area (Å²) in [7, 11) is 0. The molecular weight excluding hydrogens is 185 g/mol. The summed E-state index contributed by atoms with van der Waals surface area (Å²) in [5, 5.41) is 0. The summed E-state index contributed by atoms with van der Waals surface area (Å²) in [6, 6.07) is 0. The lowest BCUT2D eigenvalue weighted by atomic mass is 9.82. The summed E-state index contributed by atoms with van der Waals surface area (Å²) < 4.78 is 26.4. The Morgan fingerprint density at radius 3 is 2.54 bits per heavy atom. The van der Waals surface area contributed by atoms with Crippen LogP contribution >= 0.6 is 0 Å². The topological polar surface area (TPSA) is 0 Å². The van der Waals surface area contributed by atoms with Crippen LogP contribution in [0.2, 0.25) is 4.28 Å². The Morgan fingerprint density at radius 2 is 2.00 bits per heavy atom. The van der Waals surface area contributed by atoms with Crippen molar-refractivity contribution in [3.63, 3.8) is 0 Å². The first kappa shape index (κ1) is 11.5. The molecule has 1 fully saturated rings. The van der Waals surface area contributed by atoms with Gasteiger partial charge < -0.3 is 0 Å². The highest BCUT2D eigenvalue weighted by atomic mass is 27.0. The molecule has 0 N–H and O–H groups in total. The number of alkyl halides is 2. The number of hydrogen-bond acceptors (Lipinski definition) is 0. The van der Waals surface area contributed by atoms with Gasteiger partial charge in [0.05, 0.1) is 0 Å². The van der Waals surface area contributed by atoms with Gasteiger partial charge in [-0.25, -0.2) is 8.78 Å². The van der Waals surface area contributed by atoms with Crippen molar-refractivity contribution in [3.8, 4) is 0 Å². The predicted octanol–water partition coefficient (Wildman–Crippen LogP) is 3.18. The van der Waals surface area contributed by atoms with Gasteiger partial charge in [0, 0.05) is 12.8 Å². The third kappa shape index (κ3) is 3.56. The van der Waals surface area contributed by atoms with E-state index < -0.39 is 5.92 Å². The molecule has 3 heteroatoms. The van der Waals surface area contributed by atoms with Crippen LogP contribution in [-0.4, -0.2) is 22.2 Å². The number of halogens is 2. The SMILES string of the molecule is CCCC[C@]1([AlH2])CCCC(F)(F)C1. The van der Waals surface area contributed by atoms with Crippen molar-refractivity contribution in [2.45, 2.75) is 62.1 Å². The van der Waals surface area contributed by atoms with Crippen LogP contribution in [0, 0.1) is 0 Å². The fraction of sp³-hybridized carbons (Fsp3) is 1.00. The van der Waals surface area contributed by atoms with E-state index in [1.54, 1.807) is 0 Å². The Balaban J connectivity index is 2.47. The maximum Gasteiger partial charge on any atom is 0.247 e. The molecule has 1 rings (SSSR count). The Morgan fingerprint density at radius 1 is 1.31 bits per heavy atom. The van der Waals surface area contributed by atoms with Crippen molar-refractivity contribution in [1.82, 2.24) is 0 Å². The van der Waals surface area contributed by atoms with Gasteiger partial charge in [0.2, 0.25) is 22.2 Å². The van der Waals surface area contributed by atoms with Gasteiger partial charge in [-0.2, -0.15) is 0 Å². The standard InChI is InChI=1S/C10H17F2.Al.2H/c1-2-3-5-9-6-4-7-10(11,12)8-9;;;/h2-8H2,1H3;;;. The van der Waals surface area contributed by atoms with E-state index in [0.717, 1.165) is 48.4 Å². The molecular formula is C10H19AlF2. The Bertz CT molecular complexity index is 170. The van der Waals surface area contributed by atoms with Gasteiger partial charge in [-0.3, -0.25) is 0 Å². The first-order valence-corrected chi connectivity index (χ1v) is 6.35. The summed E-state index contributed by atoms with van der Waals surface area (Å²) in [4.78, 5) is 0. The van der Waals surface area contributed by atoms with Crippen molar-refractivity contribution in [1.29, 1.82) is 0 Å². The molecule has 1 aliphatic carbocycles. The van der Waals surface area contributed by atoms with Crippen molar-refractivity contribution in [2.75, 3.05) is 0 Å². The van der Waals surface area contributed by atoms with E-state index in [4.69, 9.17) is 0 Å². The minimum absolute atomic E-state index is 0.0533. The van der Waals surface area contributed by atoms with E-state index in [1.807, 2.05) is 0 Å². The lowest BCUT2D eigenvalue weighted by molar-refractivity contribution is -0.0494. The molecule has 0 aromatic carbocycles. The maximum absolute atomic E-state index is 13.1. The number of hydrogen-bond donors (Lipinski definition) is 0. The highest BCUT2D eigenvalue weighted by molar-refractivity contribution is 6.15. The van der Waals surface area contributed by atoms with Crippen molar-refractivity contribution in [2.24, 2.45) is 0 Å². The molecule has 1 saturated carbocycles. The van der Waals surface area contributed by atoms with E-state index in [0.29, 0.717) is 0 Å². The summed E-state index contributed by atoms with van der Waals surface area (Å²) >= 11 is 0.935. The molecule has 0 saturated heterocycles. The molecule has 0 spiro atoms. The second-order valence-corrected chi connectivity index (χ2v) is 6.92. The summed E-state index contributed by atoms with van der Waals surface area (Å²) in [6.07, 6.45) is 5.38. The van der Waals surface area contributed by atoms with Crippen LogP contribution in [0.5, 0.6) is 0 Å². The highest BCUT2D eigenvalue weighted by Crippen LogP contribution is 2.50. The van der Waals surface area contributed by atoms with Gasteiger partial charge in [0.15, 0.2) is 0 Å². The van der Waals surface area contributed by atoms with Gasteiger partial charge in [-0.1, -0.05) is 36.9 Å². The molecule has 76 valence electrons. The van der Waals surface area contributed by atoms with E-state index in [1.165, 1.54) is 0 Å². The van der Waals surface area contributed by atoms with Crippen LogP contribution in [0.3, 0.4) is 0 Å². The van der Waals surface area contributed by atoms with Crippen LogP contribution < -0.4 is 0 Å².